The van der Waals surface area contributed by atoms with E-state index in [2.05, 4.69) is 0 Å². The lowest BCUT2D eigenvalue weighted by Crippen LogP contribution is -2.26. The average Bonchev–Trinajstić information content (AvgIpc) is 3.39. The fraction of sp³-hybridized carbons (Fsp3) is 0.387. The number of methoxy groups -OCH3 is 2. The summed E-state index contributed by atoms with van der Waals surface area (Å²) in [5, 5.41) is 0. The quantitative estimate of drug-likeness (QED) is 0.163. The Morgan fingerprint density at radius 2 is 0.929 bits per heavy atom. The molecule has 2 unspecified atom stereocenters. The van der Waals surface area contributed by atoms with Crippen molar-refractivity contribution in [3.8, 4) is 0 Å². The van der Waals surface area contributed by atoms with Crippen LogP contribution in [0.4, 0.5) is 0 Å². The molecule has 0 amide bonds. The summed E-state index contributed by atoms with van der Waals surface area (Å²) in [6.07, 6.45) is -0.254. The van der Waals surface area contributed by atoms with Gasteiger partial charge >= 0.3 is 0 Å². The molecule has 4 rings (SSSR count). The predicted octanol–water partition coefficient (Wildman–Crippen LogP) is 2.15. The highest BCUT2D eigenvalue weighted by molar-refractivity contribution is 6.37. The zero-order chi connectivity index (χ0) is 30.4. The first-order chi connectivity index (χ1) is 20.2. The molecule has 0 N–H and O–H groups in total. The highest BCUT2D eigenvalue weighted by atomic mass is 16.5. The van der Waals surface area contributed by atoms with Crippen molar-refractivity contribution in [2.24, 2.45) is 11.8 Å². The van der Waals surface area contributed by atoms with Crippen LogP contribution in [0.15, 0.2) is 36.4 Å². The lowest BCUT2D eigenvalue weighted by molar-refractivity contribution is -0.122. The second kappa shape index (κ2) is 13.8. The predicted molar refractivity (Wildman–Crippen MR) is 145 cm³/mol. The van der Waals surface area contributed by atoms with Gasteiger partial charge in [-0.3, -0.25) is 33.6 Å². The van der Waals surface area contributed by atoms with Gasteiger partial charge in [0.05, 0.1) is 39.6 Å². The number of ketones is 7. The fourth-order valence-corrected chi connectivity index (χ4v) is 4.94. The summed E-state index contributed by atoms with van der Waals surface area (Å²) in [5.41, 5.74) is 0.160. The van der Waals surface area contributed by atoms with E-state index in [1.54, 1.807) is 0 Å². The van der Waals surface area contributed by atoms with Crippen LogP contribution in [0, 0.1) is 11.8 Å². The molecule has 11 heteroatoms. The van der Waals surface area contributed by atoms with E-state index in [-0.39, 0.29) is 72.6 Å². The fourth-order valence-electron chi connectivity index (χ4n) is 4.94. The van der Waals surface area contributed by atoms with E-state index in [0.717, 1.165) is 0 Å². The molecule has 0 spiro atoms. The van der Waals surface area contributed by atoms with Crippen LogP contribution in [0.25, 0.3) is 0 Å². The van der Waals surface area contributed by atoms with Gasteiger partial charge in [0.1, 0.15) is 11.8 Å². The molecule has 0 saturated heterocycles. The topological polar surface area (TPSA) is 156 Å². The van der Waals surface area contributed by atoms with Crippen molar-refractivity contribution < 1.29 is 52.5 Å². The molecule has 0 bridgehead atoms. The molecule has 2 aromatic rings. The standard InChI is InChI=1S/C31H30O11/c1-39-11-13-41-9-7-23(32)25-28(35)19-5-3-17(15-21(19)30(25)37)27(34)18-4-6-20-22(16-18)31(38)26(29(20)36)24(33)8-10-42-14-12-40-2/h3-6,15-16,25-26H,7-14H2,1-2H3. The van der Waals surface area contributed by atoms with Crippen molar-refractivity contribution in [3.63, 3.8) is 0 Å². The first-order valence-electron chi connectivity index (χ1n) is 13.4. The van der Waals surface area contributed by atoms with E-state index in [1.165, 1.54) is 50.6 Å². The number of Topliss-reactive ketones (excluding diaryl/α,β-unsaturated/α-hetero) is 6. The minimum atomic E-state index is -1.49. The molecule has 2 aliphatic carbocycles. The van der Waals surface area contributed by atoms with Crippen LogP contribution in [-0.4, -0.2) is 94.3 Å². The third kappa shape index (κ3) is 6.24. The van der Waals surface area contributed by atoms with Crippen LogP contribution in [0.5, 0.6) is 0 Å². The first kappa shape index (κ1) is 30.9. The zero-order valence-electron chi connectivity index (χ0n) is 23.3. The molecule has 2 aliphatic rings. The SMILES string of the molecule is COCCOCCC(=O)C1C(=O)c2ccc(C(=O)c3ccc4c(c3)C(=O)C(C(=O)CCOCCOC)C4=O)cc2C1=O. The maximum atomic E-state index is 13.3. The van der Waals surface area contributed by atoms with Gasteiger partial charge in [-0.05, 0) is 24.3 Å². The summed E-state index contributed by atoms with van der Waals surface area (Å²) < 4.78 is 20.2. The molecule has 42 heavy (non-hydrogen) atoms. The zero-order valence-corrected chi connectivity index (χ0v) is 23.3. The van der Waals surface area contributed by atoms with E-state index in [9.17, 15) is 33.6 Å². The van der Waals surface area contributed by atoms with E-state index in [1.807, 2.05) is 0 Å². The Balaban J connectivity index is 1.46. The monoisotopic (exact) mass is 578 g/mol. The Morgan fingerprint density at radius 3 is 1.31 bits per heavy atom. The molecule has 0 saturated carbocycles. The summed E-state index contributed by atoms with van der Waals surface area (Å²) in [6, 6.07) is 7.91. The van der Waals surface area contributed by atoms with Gasteiger partial charge in [-0.15, -0.1) is 0 Å². The van der Waals surface area contributed by atoms with Gasteiger partial charge in [-0.1, -0.05) is 12.1 Å². The number of fused-ring (bicyclic) bond motifs is 2. The Kier molecular flexibility index (Phi) is 10.1. The molecule has 0 heterocycles. The van der Waals surface area contributed by atoms with Gasteiger partial charge in [-0.25, -0.2) is 0 Å². The summed E-state index contributed by atoms with van der Waals surface area (Å²) in [5.74, 6) is -7.31. The lowest BCUT2D eigenvalue weighted by atomic mass is 9.95. The maximum absolute atomic E-state index is 13.3. The molecule has 0 aliphatic heterocycles. The number of benzene rings is 2. The number of carbonyl (C=O) groups excluding carboxylic acids is 7. The summed E-state index contributed by atoms with van der Waals surface area (Å²) in [4.78, 5) is 90.3. The third-order valence-electron chi connectivity index (χ3n) is 7.17. The van der Waals surface area contributed by atoms with Gasteiger partial charge in [0.15, 0.2) is 40.5 Å². The maximum Gasteiger partial charge on any atom is 0.193 e. The first-order valence-corrected chi connectivity index (χ1v) is 13.4. The Bertz CT molecular complexity index is 1350. The third-order valence-corrected chi connectivity index (χ3v) is 7.17. The van der Waals surface area contributed by atoms with Crippen LogP contribution in [-0.2, 0) is 28.5 Å². The van der Waals surface area contributed by atoms with Crippen LogP contribution in [0.2, 0.25) is 0 Å². The van der Waals surface area contributed by atoms with E-state index >= 15 is 0 Å². The van der Waals surface area contributed by atoms with Gasteiger partial charge in [-0.2, -0.15) is 0 Å². The van der Waals surface area contributed by atoms with Crippen LogP contribution in [0.1, 0.15) is 70.2 Å². The molecule has 11 nitrogen and oxygen atoms in total. The summed E-state index contributed by atoms with van der Waals surface area (Å²) in [7, 11) is 3.02. The number of hydrogen-bond acceptors (Lipinski definition) is 11. The summed E-state index contributed by atoms with van der Waals surface area (Å²) >= 11 is 0. The molecule has 220 valence electrons. The molecule has 0 aromatic heterocycles. The molecular formula is C31H30O11. The van der Waals surface area contributed by atoms with Crippen molar-refractivity contribution >= 4 is 40.5 Å². The van der Waals surface area contributed by atoms with E-state index in [0.29, 0.717) is 13.2 Å². The Morgan fingerprint density at radius 1 is 0.548 bits per heavy atom. The van der Waals surface area contributed by atoms with Crippen molar-refractivity contribution in [1.82, 2.24) is 0 Å². The molecule has 2 atom stereocenters. The molecular weight excluding hydrogens is 548 g/mol. The van der Waals surface area contributed by atoms with Crippen LogP contribution < -0.4 is 0 Å². The largest absolute Gasteiger partial charge is 0.382 e. The molecule has 0 radical (unpaired) electrons. The second-order valence-corrected chi connectivity index (χ2v) is 9.82. The second-order valence-electron chi connectivity index (χ2n) is 9.82. The normalized spacial score (nSPS) is 17.5. The van der Waals surface area contributed by atoms with Crippen LogP contribution >= 0.6 is 0 Å². The lowest BCUT2D eigenvalue weighted by Gasteiger charge is -2.07. The van der Waals surface area contributed by atoms with Gasteiger partial charge in [0.25, 0.3) is 0 Å². The highest BCUT2D eigenvalue weighted by Crippen LogP contribution is 2.32. The minimum Gasteiger partial charge on any atom is -0.382 e. The average molecular weight is 579 g/mol. The van der Waals surface area contributed by atoms with Crippen molar-refractivity contribution in [2.45, 2.75) is 12.8 Å². The van der Waals surface area contributed by atoms with Gasteiger partial charge in [0, 0.05) is 60.4 Å². The van der Waals surface area contributed by atoms with E-state index in [4.69, 9.17) is 18.9 Å². The highest BCUT2D eigenvalue weighted by Gasteiger charge is 2.44. The Hall–Kier alpha value is -4.03. The van der Waals surface area contributed by atoms with Crippen molar-refractivity contribution in [1.29, 1.82) is 0 Å². The van der Waals surface area contributed by atoms with Gasteiger partial charge in [0.2, 0.25) is 0 Å². The number of ether oxygens (including phenoxy) is 4. The summed E-state index contributed by atoms with van der Waals surface area (Å²) in [6.45, 7) is 1.30. The van der Waals surface area contributed by atoms with E-state index < -0.39 is 52.3 Å². The van der Waals surface area contributed by atoms with Crippen molar-refractivity contribution in [2.75, 3.05) is 53.9 Å². The smallest absolute Gasteiger partial charge is 0.193 e. The Labute approximate surface area is 241 Å². The number of carbonyl (C=O) groups is 7. The van der Waals surface area contributed by atoms with Crippen LogP contribution in [0.3, 0.4) is 0 Å². The molecule has 2 aromatic carbocycles. The number of hydrogen-bond donors (Lipinski definition) is 0. The minimum absolute atomic E-state index is 0.0321. The number of rotatable bonds is 16. The van der Waals surface area contributed by atoms with Crippen molar-refractivity contribution in [3.05, 3.63) is 69.8 Å². The molecule has 0 fully saturated rings. The van der Waals surface area contributed by atoms with Gasteiger partial charge < -0.3 is 18.9 Å².